The fraction of sp³-hybridized carbons (Fsp3) is 0.286. The van der Waals surface area contributed by atoms with Crippen LogP contribution in [0.15, 0.2) is 5.16 Å². The van der Waals surface area contributed by atoms with Crippen molar-refractivity contribution in [2.75, 3.05) is 6.67 Å². The van der Waals surface area contributed by atoms with Crippen LogP contribution in [0.5, 0.6) is 0 Å². The van der Waals surface area contributed by atoms with Crippen LogP contribution in [0.25, 0.3) is 0 Å². The van der Waals surface area contributed by atoms with Crippen LogP contribution in [0.2, 0.25) is 0 Å². The van der Waals surface area contributed by atoms with E-state index in [9.17, 15) is 21.6 Å². The van der Waals surface area contributed by atoms with Gasteiger partial charge in [0.1, 0.15) is 12.1 Å². The third-order valence-electron chi connectivity index (χ3n) is 1.70. The molecule has 0 bridgehead atoms. The van der Waals surface area contributed by atoms with Gasteiger partial charge in [-0.25, -0.2) is 17.8 Å². The first-order valence-electron chi connectivity index (χ1n) is 3.88. The Bertz CT molecular complexity index is 597. The van der Waals surface area contributed by atoms with Crippen LogP contribution in [0.4, 0.5) is 13.2 Å². The van der Waals surface area contributed by atoms with Gasteiger partial charge in [-0.3, -0.25) is 0 Å². The van der Waals surface area contributed by atoms with Gasteiger partial charge in [-0.15, -0.1) is 0 Å². The summed E-state index contributed by atoms with van der Waals surface area (Å²) in [5.41, 5.74) is -1.23. The van der Waals surface area contributed by atoms with E-state index >= 15 is 0 Å². The minimum absolute atomic E-state index is 0. The number of aromatic amines is 1. The molecule has 1 heterocycles. The minimum atomic E-state index is -5.39. The Kier molecular flexibility index (Phi) is 5.99. The first-order chi connectivity index (χ1) is 7.80. The Morgan fingerprint density at radius 2 is 1.89 bits per heavy atom. The third-order valence-corrected chi connectivity index (χ3v) is 3.30. The number of alkyl halides is 3. The quantitative estimate of drug-likeness (QED) is 0.620. The Morgan fingerprint density at radius 3 is 2.22 bits per heavy atom. The predicted octanol–water partition coefficient (Wildman–Crippen LogP) is -2.51. The van der Waals surface area contributed by atoms with Crippen LogP contribution in [-0.2, 0) is 9.84 Å². The molecule has 0 fully saturated rings. The number of rotatable bonds is 3. The van der Waals surface area contributed by atoms with E-state index in [-0.39, 0.29) is 51.4 Å². The van der Waals surface area contributed by atoms with E-state index < -0.39 is 38.3 Å². The van der Waals surface area contributed by atoms with E-state index in [1.54, 1.807) is 4.98 Å². The monoisotopic (exact) mass is 303 g/mol. The van der Waals surface area contributed by atoms with Crippen molar-refractivity contribution in [3.63, 3.8) is 0 Å². The molecule has 1 rings (SSSR count). The maximum Gasteiger partial charge on any atom is 1.00 e. The number of nitriles is 2. The molecule has 6 nitrogen and oxygen atoms in total. The zero-order valence-electron chi connectivity index (χ0n) is 8.91. The first-order valence-corrected chi connectivity index (χ1v) is 5.37. The van der Waals surface area contributed by atoms with Crippen molar-refractivity contribution in [3.05, 3.63) is 11.4 Å². The zero-order chi connectivity index (χ0) is 13.3. The summed E-state index contributed by atoms with van der Waals surface area (Å²) in [7, 11) is -5.39. The third kappa shape index (κ3) is 2.93. The van der Waals surface area contributed by atoms with E-state index in [1.165, 1.54) is 12.1 Å². The first kappa shape index (κ1) is 17.6. The summed E-state index contributed by atoms with van der Waals surface area (Å²) in [4.78, 5) is 4.75. The number of H-pyrrole nitrogens is 1. The second-order valence-electron chi connectivity index (χ2n) is 2.76. The predicted molar refractivity (Wildman–Crippen MR) is 46.1 cm³/mol. The Labute approximate surface area is 142 Å². The van der Waals surface area contributed by atoms with Crippen LogP contribution < -0.4 is 51.4 Å². The molecule has 90 valence electrons. The molecule has 18 heavy (non-hydrogen) atoms. The molecule has 1 aromatic rings. The van der Waals surface area contributed by atoms with E-state index in [2.05, 4.69) is 4.98 Å². The zero-order valence-corrected chi connectivity index (χ0v) is 12.8. The summed E-state index contributed by atoms with van der Waals surface area (Å²) < 4.78 is 59.8. The topological polar surface area (TPSA) is 110 Å². The molecule has 0 unspecified atom stereocenters. The largest absolute Gasteiger partial charge is 1.00 e. The summed E-state index contributed by atoms with van der Waals surface area (Å²) in [6, 6.07) is 2.71. The molecule has 0 saturated carbocycles. The van der Waals surface area contributed by atoms with Crippen LogP contribution in [0.1, 0.15) is 11.4 Å². The van der Waals surface area contributed by atoms with Gasteiger partial charge >= 0.3 is 56.6 Å². The molecule has 0 saturated heterocycles. The number of aromatic nitrogens is 2. The summed E-state index contributed by atoms with van der Waals surface area (Å²) in [5, 5.41) is 10.9. The molecule has 0 aliphatic carbocycles. The van der Waals surface area contributed by atoms with Gasteiger partial charge in [0.05, 0.1) is 0 Å². The van der Waals surface area contributed by atoms with Gasteiger partial charge in [-0.2, -0.15) is 19.3 Å². The molecule has 0 atom stereocenters. The van der Waals surface area contributed by atoms with Gasteiger partial charge in [0.2, 0.25) is 5.16 Å². The van der Waals surface area contributed by atoms with Crippen LogP contribution in [0.3, 0.4) is 0 Å². The molecule has 0 aliphatic rings. The Morgan fingerprint density at radius 1 is 1.33 bits per heavy atom. The summed E-state index contributed by atoms with van der Waals surface area (Å²) in [5.74, 6) is 0. The van der Waals surface area contributed by atoms with E-state index in [4.69, 9.17) is 10.5 Å². The molecule has 0 amide bonds. The number of imidazole rings is 1. The number of hydrogen-bond donors (Lipinski definition) is 1. The molecule has 0 aliphatic heterocycles. The van der Waals surface area contributed by atoms with Crippen LogP contribution in [0, 0.1) is 22.7 Å². The van der Waals surface area contributed by atoms with E-state index in [0.717, 1.165) is 0 Å². The number of nitrogens with one attached hydrogen (secondary N) is 1. The Balaban J connectivity index is 0.00000289. The Hall–Kier alpha value is -0.434. The average molecular weight is 303 g/mol. The van der Waals surface area contributed by atoms with Crippen molar-refractivity contribution in [2.45, 2.75) is 10.4 Å². The molecule has 1 N–H and O–H groups in total. The van der Waals surface area contributed by atoms with Crippen LogP contribution in [-0.4, -0.2) is 30.3 Å². The van der Waals surface area contributed by atoms with Gasteiger partial charge in [-0.05, 0) is 0 Å². The van der Waals surface area contributed by atoms with E-state index in [0.29, 0.717) is 0 Å². The minimum Gasteiger partial charge on any atom is -0.319 e. The molecular formula is C7H3F3KN4O2S+. The smallest absolute Gasteiger partial charge is 0.319 e. The van der Waals surface area contributed by atoms with Crippen molar-refractivity contribution < 1.29 is 73.0 Å². The standard InChI is InChI=1S/C7H3F3N4O2S.K/c8-3-7(9,10)17(15,16)6-13-4(1-11)5(2-12)14-6;/h3H2,(H,13,14);/q;+1. The van der Waals surface area contributed by atoms with Gasteiger partial charge in [-0.1, -0.05) is 0 Å². The van der Waals surface area contributed by atoms with Crippen molar-refractivity contribution in [2.24, 2.45) is 0 Å². The fourth-order valence-electron chi connectivity index (χ4n) is 0.854. The number of sulfone groups is 1. The van der Waals surface area contributed by atoms with Gasteiger partial charge in [0, 0.05) is 0 Å². The van der Waals surface area contributed by atoms with Crippen molar-refractivity contribution in [1.82, 2.24) is 9.97 Å². The number of halogens is 3. The molecule has 0 radical (unpaired) electrons. The average Bonchev–Trinajstić information content (AvgIpc) is 2.72. The summed E-state index contributed by atoms with van der Waals surface area (Å²) in [6.07, 6.45) is 0. The molecule has 0 aromatic carbocycles. The van der Waals surface area contributed by atoms with Crippen molar-refractivity contribution in [1.29, 1.82) is 10.5 Å². The number of hydrogen-bond acceptors (Lipinski definition) is 5. The normalized spacial score (nSPS) is 11.2. The van der Waals surface area contributed by atoms with Crippen LogP contribution >= 0.6 is 0 Å². The van der Waals surface area contributed by atoms with Crippen molar-refractivity contribution in [3.8, 4) is 12.1 Å². The maximum absolute atomic E-state index is 12.8. The second kappa shape index (κ2) is 6.14. The van der Waals surface area contributed by atoms with Crippen molar-refractivity contribution >= 4 is 9.84 Å². The SMILES string of the molecule is N#Cc1nc(S(=O)(=O)C(F)(F)CF)[nH]c1C#N.[K+]. The molecular weight excluding hydrogens is 300 g/mol. The summed E-state index contributed by atoms with van der Waals surface area (Å²) in [6.45, 7) is -2.43. The molecule has 11 heteroatoms. The molecule has 1 aromatic heterocycles. The number of nitrogens with zero attached hydrogens (tertiary/aromatic N) is 3. The summed E-state index contributed by atoms with van der Waals surface area (Å²) >= 11 is 0. The van der Waals surface area contributed by atoms with Gasteiger partial charge in [0.15, 0.2) is 18.1 Å². The maximum atomic E-state index is 12.8. The molecule has 0 spiro atoms. The van der Waals surface area contributed by atoms with Gasteiger partial charge in [0.25, 0.3) is 9.84 Å². The van der Waals surface area contributed by atoms with E-state index in [1.807, 2.05) is 0 Å². The second-order valence-corrected chi connectivity index (χ2v) is 4.75. The van der Waals surface area contributed by atoms with Gasteiger partial charge < -0.3 is 4.98 Å². The fourth-order valence-corrected chi connectivity index (χ4v) is 1.73.